The molecule has 3 heteroatoms. The van der Waals surface area contributed by atoms with Crippen LogP contribution in [0.15, 0.2) is 60.7 Å². The van der Waals surface area contributed by atoms with Crippen LogP contribution >= 0.6 is 0 Å². The quantitative estimate of drug-likeness (QED) is 0.861. The van der Waals surface area contributed by atoms with Crippen LogP contribution in [0.25, 0.3) is 0 Å². The van der Waals surface area contributed by atoms with Crippen molar-refractivity contribution < 1.29 is 9.53 Å². The Morgan fingerprint density at radius 3 is 2.43 bits per heavy atom. The number of rotatable bonds is 4. The third kappa shape index (κ3) is 3.50. The SMILES string of the molecule is O=C(c1ccccc1)N1CC[C@@H](OCc2ccccc2)C1. The summed E-state index contributed by atoms with van der Waals surface area (Å²) < 4.78 is 5.91. The van der Waals surface area contributed by atoms with Gasteiger partial charge in [0.15, 0.2) is 0 Å². The van der Waals surface area contributed by atoms with E-state index in [4.69, 9.17) is 4.74 Å². The lowest BCUT2D eigenvalue weighted by atomic mass is 10.2. The minimum Gasteiger partial charge on any atom is -0.372 e. The van der Waals surface area contributed by atoms with E-state index in [0.29, 0.717) is 13.2 Å². The highest BCUT2D eigenvalue weighted by atomic mass is 16.5. The number of hydrogen-bond donors (Lipinski definition) is 0. The second kappa shape index (κ2) is 6.55. The van der Waals surface area contributed by atoms with Crippen LogP contribution in [-0.4, -0.2) is 30.0 Å². The van der Waals surface area contributed by atoms with E-state index in [0.717, 1.165) is 18.5 Å². The molecule has 21 heavy (non-hydrogen) atoms. The van der Waals surface area contributed by atoms with Crippen molar-refractivity contribution in [1.82, 2.24) is 4.90 Å². The van der Waals surface area contributed by atoms with Crippen LogP contribution in [0.1, 0.15) is 22.3 Å². The van der Waals surface area contributed by atoms with Gasteiger partial charge in [0.25, 0.3) is 5.91 Å². The third-order valence-corrected chi connectivity index (χ3v) is 3.78. The van der Waals surface area contributed by atoms with E-state index in [1.807, 2.05) is 53.4 Å². The van der Waals surface area contributed by atoms with Gasteiger partial charge in [0.1, 0.15) is 0 Å². The zero-order valence-electron chi connectivity index (χ0n) is 11.9. The van der Waals surface area contributed by atoms with E-state index in [1.54, 1.807) is 0 Å². The fourth-order valence-corrected chi connectivity index (χ4v) is 2.60. The molecule has 1 amide bonds. The Hall–Kier alpha value is -2.13. The Labute approximate surface area is 125 Å². The number of carbonyl (C=O) groups is 1. The van der Waals surface area contributed by atoms with Crippen molar-refractivity contribution >= 4 is 5.91 Å². The van der Waals surface area contributed by atoms with Crippen LogP contribution in [-0.2, 0) is 11.3 Å². The van der Waals surface area contributed by atoms with Gasteiger partial charge in [-0.15, -0.1) is 0 Å². The van der Waals surface area contributed by atoms with E-state index >= 15 is 0 Å². The second-order valence-electron chi connectivity index (χ2n) is 5.32. The number of hydrogen-bond acceptors (Lipinski definition) is 2. The molecule has 0 unspecified atom stereocenters. The molecule has 3 nitrogen and oxygen atoms in total. The molecular weight excluding hydrogens is 262 g/mol. The molecule has 0 N–H and O–H groups in total. The molecule has 2 aromatic rings. The van der Waals surface area contributed by atoms with Gasteiger partial charge in [-0.05, 0) is 24.1 Å². The lowest BCUT2D eigenvalue weighted by Gasteiger charge is -2.17. The zero-order chi connectivity index (χ0) is 14.5. The average molecular weight is 281 g/mol. The largest absolute Gasteiger partial charge is 0.372 e. The molecule has 0 radical (unpaired) electrons. The van der Waals surface area contributed by atoms with Gasteiger partial charge < -0.3 is 9.64 Å². The molecule has 1 saturated heterocycles. The number of amides is 1. The molecule has 0 spiro atoms. The van der Waals surface area contributed by atoms with Gasteiger partial charge in [0, 0.05) is 18.7 Å². The summed E-state index contributed by atoms with van der Waals surface area (Å²) >= 11 is 0. The Kier molecular flexibility index (Phi) is 4.31. The zero-order valence-corrected chi connectivity index (χ0v) is 11.9. The maximum absolute atomic E-state index is 12.3. The Bertz CT molecular complexity index is 583. The smallest absolute Gasteiger partial charge is 0.253 e. The lowest BCUT2D eigenvalue weighted by Crippen LogP contribution is -2.30. The second-order valence-corrected chi connectivity index (χ2v) is 5.32. The Balaban J connectivity index is 1.53. The predicted octanol–water partition coefficient (Wildman–Crippen LogP) is 3.12. The highest BCUT2D eigenvalue weighted by Crippen LogP contribution is 2.17. The van der Waals surface area contributed by atoms with Gasteiger partial charge in [-0.1, -0.05) is 48.5 Å². The van der Waals surface area contributed by atoms with Crippen molar-refractivity contribution in [2.75, 3.05) is 13.1 Å². The van der Waals surface area contributed by atoms with Crippen molar-refractivity contribution in [1.29, 1.82) is 0 Å². The van der Waals surface area contributed by atoms with Crippen molar-refractivity contribution in [2.24, 2.45) is 0 Å². The fourth-order valence-electron chi connectivity index (χ4n) is 2.60. The standard InChI is InChI=1S/C18H19NO2/c20-18(16-9-5-2-6-10-16)19-12-11-17(13-19)21-14-15-7-3-1-4-8-15/h1-10,17H,11-14H2/t17-/m1/s1. The lowest BCUT2D eigenvalue weighted by molar-refractivity contribution is 0.0437. The van der Waals surface area contributed by atoms with Crippen LogP contribution in [0.2, 0.25) is 0 Å². The molecule has 0 saturated carbocycles. The summed E-state index contributed by atoms with van der Waals surface area (Å²) in [6, 6.07) is 19.6. The number of carbonyl (C=O) groups excluding carboxylic acids is 1. The summed E-state index contributed by atoms with van der Waals surface area (Å²) in [6.07, 6.45) is 1.05. The maximum atomic E-state index is 12.3. The molecule has 1 aliphatic rings. The Morgan fingerprint density at radius 1 is 1.05 bits per heavy atom. The molecule has 0 aromatic heterocycles. The van der Waals surface area contributed by atoms with Crippen molar-refractivity contribution in [3.8, 4) is 0 Å². The van der Waals surface area contributed by atoms with Crippen molar-refractivity contribution in [3.63, 3.8) is 0 Å². The molecule has 3 rings (SSSR count). The highest BCUT2D eigenvalue weighted by molar-refractivity contribution is 5.94. The summed E-state index contributed by atoms with van der Waals surface area (Å²) in [4.78, 5) is 14.2. The number of ether oxygens (including phenoxy) is 1. The number of benzene rings is 2. The van der Waals surface area contributed by atoms with E-state index in [-0.39, 0.29) is 12.0 Å². The van der Waals surface area contributed by atoms with Crippen LogP contribution in [0.4, 0.5) is 0 Å². The molecule has 1 aliphatic heterocycles. The summed E-state index contributed by atoms with van der Waals surface area (Å²) in [5.41, 5.74) is 1.92. The Morgan fingerprint density at radius 2 is 1.71 bits per heavy atom. The van der Waals surface area contributed by atoms with Crippen LogP contribution in [0.3, 0.4) is 0 Å². The first kappa shape index (κ1) is 13.8. The molecular formula is C18H19NO2. The minimum absolute atomic E-state index is 0.0985. The van der Waals surface area contributed by atoms with Gasteiger partial charge in [-0.3, -0.25) is 4.79 Å². The molecule has 1 atom stereocenters. The van der Waals surface area contributed by atoms with Gasteiger partial charge in [0.2, 0.25) is 0 Å². The topological polar surface area (TPSA) is 29.5 Å². The number of likely N-dealkylation sites (tertiary alicyclic amines) is 1. The van der Waals surface area contributed by atoms with E-state index in [2.05, 4.69) is 12.1 Å². The maximum Gasteiger partial charge on any atom is 0.253 e. The summed E-state index contributed by atoms with van der Waals surface area (Å²) in [5, 5.41) is 0. The molecule has 1 fully saturated rings. The van der Waals surface area contributed by atoms with Crippen LogP contribution in [0, 0.1) is 0 Å². The summed E-state index contributed by atoms with van der Waals surface area (Å²) in [5.74, 6) is 0.0985. The highest BCUT2D eigenvalue weighted by Gasteiger charge is 2.27. The monoisotopic (exact) mass is 281 g/mol. The van der Waals surface area contributed by atoms with Crippen molar-refractivity contribution in [2.45, 2.75) is 19.1 Å². The summed E-state index contributed by atoms with van der Waals surface area (Å²) in [6.45, 7) is 2.06. The number of nitrogens with zero attached hydrogens (tertiary/aromatic N) is 1. The molecule has 2 aromatic carbocycles. The van der Waals surface area contributed by atoms with E-state index in [9.17, 15) is 4.79 Å². The van der Waals surface area contributed by atoms with Gasteiger partial charge in [-0.25, -0.2) is 0 Å². The predicted molar refractivity (Wildman–Crippen MR) is 82.0 cm³/mol. The molecule has 108 valence electrons. The normalized spacial score (nSPS) is 17.9. The fraction of sp³-hybridized carbons (Fsp3) is 0.278. The summed E-state index contributed by atoms with van der Waals surface area (Å²) in [7, 11) is 0. The molecule has 0 bridgehead atoms. The van der Waals surface area contributed by atoms with E-state index < -0.39 is 0 Å². The van der Waals surface area contributed by atoms with Gasteiger partial charge in [0.05, 0.1) is 12.7 Å². The first-order chi connectivity index (χ1) is 10.3. The van der Waals surface area contributed by atoms with E-state index in [1.165, 1.54) is 5.56 Å². The van der Waals surface area contributed by atoms with Crippen molar-refractivity contribution in [3.05, 3.63) is 71.8 Å². The van der Waals surface area contributed by atoms with Crippen LogP contribution in [0.5, 0.6) is 0 Å². The first-order valence-corrected chi connectivity index (χ1v) is 7.33. The van der Waals surface area contributed by atoms with Gasteiger partial charge in [-0.2, -0.15) is 0 Å². The average Bonchev–Trinajstić information content (AvgIpc) is 3.03. The minimum atomic E-state index is 0.0985. The van der Waals surface area contributed by atoms with Crippen LogP contribution < -0.4 is 0 Å². The van der Waals surface area contributed by atoms with Gasteiger partial charge >= 0.3 is 0 Å². The molecule has 0 aliphatic carbocycles. The third-order valence-electron chi connectivity index (χ3n) is 3.78. The molecule has 1 heterocycles. The first-order valence-electron chi connectivity index (χ1n) is 7.33.